The van der Waals surface area contributed by atoms with Crippen molar-refractivity contribution in [2.45, 2.75) is 143 Å². The number of nitrogens with one attached hydrogen (secondary N) is 2. The summed E-state index contributed by atoms with van der Waals surface area (Å²) in [5, 5.41) is 7.27. The highest BCUT2D eigenvalue weighted by Gasteiger charge is 2.65. The monoisotopic (exact) mass is 494 g/mol. The van der Waals surface area contributed by atoms with Crippen molar-refractivity contribution in [2.24, 2.45) is 44.3 Å². The predicted octanol–water partition coefficient (Wildman–Crippen LogP) is 6.87. The maximum Gasteiger partial charge on any atom is 0.228 e. The summed E-state index contributed by atoms with van der Waals surface area (Å²) in [6, 6.07) is 0. The van der Waals surface area contributed by atoms with E-state index >= 15 is 0 Å². The molecule has 0 aromatic rings. The first-order valence-corrected chi connectivity index (χ1v) is 15.4. The molecule has 0 aromatic carbocycles. The van der Waals surface area contributed by atoms with Crippen LogP contribution in [-0.2, 0) is 9.59 Å². The van der Waals surface area contributed by atoms with E-state index in [2.05, 4.69) is 38.3 Å². The Hall–Kier alpha value is -1.06. The quantitative estimate of drug-likeness (QED) is 0.419. The molecule has 0 spiro atoms. The zero-order valence-corrected chi connectivity index (χ0v) is 23.5. The zero-order chi connectivity index (χ0) is 25.2. The van der Waals surface area contributed by atoms with Crippen molar-refractivity contribution in [3.63, 3.8) is 0 Å². The van der Waals surface area contributed by atoms with Gasteiger partial charge in [-0.05, 0) is 136 Å². The molecule has 200 valence electrons. The topological polar surface area (TPSA) is 58.2 Å². The lowest BCUT2D eigenvalue weighted by atomic mass is 9.40. The lowest BCUT2D eigenvalue weighted by Crippen LogP contribution is -2.69. The Labute approximate surface area is 218 Å². The van der Waals surface area contributed by atoms with E-state index in [1.54, 1.807) is 0 Å². The molecular weight excluding hydrogens is 444 g/mol. The summed E-state index contributed by atoms with van der Waals surface area (Å²) < 4.78 is 0. The highest BCUT2D eigenvalue weighted by molar-refractivity contribution is 5.87. The molecule has 4 heteroatoms. The van der Waals surface area contributed by atoms with Gasteiger partial charge in [0.1, 0.15) is 5.66 Å². The maximum absolute atomic E-state index is 14.3. The molecule has 0 aromatic heterocycles. The standard InChI is InChI=1S/C32H50N2O2/c1-26-10-22-11-27(2,16-26)19-30(14-22,18-26)24(35)33-32(8-6-5-7-9-32)34-25(36)31-15-23-12-28(3,20-31)17-29(4,13-23)21-31/h22-23H,5-21H2,1-4H3,(H,33,35)(H,34,36). The summed E-state index contributed by atoms with van der Waals surface area (Å²) in [5.41, 5.74) is 0.288. The molecule has 0 saturated heterocycles. The van der Waals surface area contributed by atoms with Crippen LogP contribution in [0.25, 0.3) is 0 Å². The molecule has 0 heterocycles. The summed E-state index contributed by atoms with van der Waals surface area (Å²) >= 11 is 0. The van der Waals surface area contributed by atoms with E-state index < -0.39 is 5.66 Å². The van der Waals surface area contributed by atoms with Crippen LogP contribution in [0.4, 0.5) is 0 Å². The van der Waals surface area contributed by atoms with Crippen LogP contribution < -0.4 is 10.6 Å². The van der Waals surface area contributed by atoms with E-state index in [4.69, 9.17) is 0 Å². The van der Waals surface area contributed by atoms with Gasteiger partial charge < -0.3 is 10.6 Å². The highest BCUT2D eigenvalue weighted by atomic mass is 16.2. The van der Waals surface area contributed by atoms with E-state index in [0.717, 1.165) is 64.2 Å². The number of hydrogen-bond donors (Lipinski definition) is 2. The summed E-state index contributed by atoms with van der Waals surface area (Å²) in [7, 11) is 0. The van der Waals surface area contributed by atoms with Gasteiger partial charge in [-0.3, -0.25) is 9.59 Å². The third kappa shape index (κ3) is 3.58. The second-order valence-electron chi connectivity index (χ2n) is 17.4. The number of hydrogen-bond acceptors (Lipinski definition) is 2. The van der Waals surface area contributed by atoms with Crippen LogP contribution in [0, 0.1) is 44.3 Å². The number of rotatable bonds is 4. The predicted molar refractivity (Wildman–Crippen MR) is 142 cm³/mol. The van der Waals surface area contributed by atoms with Crippen molar-refractivity contribution in [1.82, 2.24) is 10.6 Å². The molecule has 2 amide bonds. The van der Waals surface area contributed by atoms with Crippen molar-refractivity contribution in [3.8, 4) is 0 Å². The molecular formula is C32H50N2O2. The van der Waals surface area contributed by atoms with Crippen molar-refractivity contribution < 1.29 is 9.59 Å². The molecule has 9 rings (SSSR count). The summed E-state index contributed by atoms with van der Waals surface area (Å²) in [6.07, 6.45) is 19.3. The normalized spacial score (nSPS) is 53.9. The molecule has 2 N–H and O–H groups in total. The third-order valence-electron chi connectivity index (χ3n) is 12.6. The molecule has 9 saturated carbocycles. The van der Waals surface area contributed by atoms with Crippen LogP contribution in [0.2, 0.25) is 0 Å². The van der Waals surface area contributed by atoms with Crippen LogP contribution in [0.15, 0.2) is 0 Å². The summed E-state index contributed by atoms with van der Waals surface area (Å²) in [6.45, 7) is 9.79. The zero-order valence-electron chi connectivity index (χ0n) is 23.5. The van der Waals surface area contributed by atoms with Gasteiger partial charge in [-0.25, -0.2) is 0 Å². The van der Waals surface area contributed by atoms with E-state index in [0.29, 0.717) is 33.5 Å². The Kier molecular flexibility index (Phi) is 4.75. The van der Waals surface area contributed by atoms with Gasteiger partial charge in [0.05, 0.1) is 10.8 Å². The van der Waals surface area contributed by atoms with Gasteiger partial charge >= 0.3 is 0 Å². The van der Waals surface area contributed by atoms with Crippen molar-refractivity contribution in [3.05, 3.63) is 0 Å². The Morgan fingerprint density at radius 3 is 1.22 bits per heavy atom. The van der Waals surface area contributed by atoms with Crippen LogP contribution in [0.1, 0.15) is 137 Å². The van der Waals surface area contributed by atoms with Gasteiger partial charge in [0.2, 0.25) is 11.8 Å². The van der Waals surface area contributed by atoms with Gasteiger partial charge in [-0.1, -0.05) is 34.1 Å². The molecule has 9 aliphatic rings. The van der Waals surface area contributed by atoms with Crippen molar-refractivity contribution >= 4 is 11.8 Å². The Bertz CT molecular complexity index is 886. The number of carbonyl (C=O) groups is 2. The Balaban J connectivity index is 1.15. The maximum atomic E-state index is 14.3. The van der Waals surface area contributed by atoms with Crippen LogP contribution in [0.3, 0.4) is 0 Å². The molecule has 9 aliphatic carbocycles. The molecule has 4 atom stereocenters. The first kappa shape index (κ1) is 24.0. The van der Waals surface area contributed by atoms with E-state index in [1.807, 2.05) is 0 Å². The SMILES string of the molecule is CC12CC3CC(C)(C1)CC(C(=O)NC1(NC(=O)C45CC6CC(C)(CC(C)(C6)C4)C5)CCCCC1)(C3)C2. The molecule has 8 bridgehead atoms. The van der Waals surface area contributed by atoms with Gasteiger partial charge in [0.15, 0.2) is 0 Å². The smallest absolute Gasteiger partial charge is 0.228 e. The van der Waals surface area contributed by atoms with Crippen LogP contribution >= 0.6 is 0 Å². The molecule has 4 nitrogen and oxygen atoms in total. The fourth-order valence-corrected chi connectivity index (χ4v) is 13.5. The minimum absolute atomic E-state index is 0.222. The third-order valence-corrected chi connectivity index (χ3v) is 12.6. The second kappa shape index (κ2) is 7.12. The van der Waals surface area contributed by atoms with E-state index in [-0.39, 0.29) is 22.6 Å². The van der Waals surface area contributed by atoms with Crippen molar-refractivity contribution in [1.29, 1.82) is 0 Å². The summed E-state index contributed by atoms with van der Waals surface area (Å²) in [5.74, 6) is 1.95. The largest absolute Gasteiger partial charge is 0.333 e. The van der Waals surface area contributed by atoms with Crippen LogP contribution in [0.5, 0.6) is 0 Å². The number of amides is 2. The molecule has 4 unspecified atom stereocenters. The fourth-order valence-electron chi connectivity index (χ4n) is 13.5. The minimum Gasteiger partial charge on any atom is -0.333 e. The molecule has 0 aliphatic heterocycles. The first-order valence-electron chi connectivity index (χ1n) is 15.4. The molecule has 9 fully saturated rings. The average Bonchev–Trinajstić information content (AvgIpc) is 2.69. The van der Waals surface area contributed by atoms with E-state index in [1.165, 1.54) is 44.9 Å². The summed E-state index contributed by atoms with van der Waals surface area (Å²) in [4.78, 5) is 28.6. The fraction of sp³-hybridized carbons (Fsp3) is 0.938. The first-order chi connectivity index (χ1) is 16.8. The lowest BCUT2D eigenvalue weighted by Gasteiger charge is -2.65. The Morgan fingerprint density at radius 1 is 0.528 bits per heavy atom. The minimum atomic E-state index is -0.539. The highest BCUT2D eigenvalue weighted by Crippen LogP contribution is 2.71. The van der Waals surface area contributed by atoms with Gasteiger partial charge in [0.25, 0.3) is 0 Å². The second-order valence-corrected chi connectivity index (χ2v) is 17.4. The lowest BCUT2D eigenvalue weighted by molar-refractivity contribution is -0.176. The van der Waals surface area contributed by atoms with E-state index in [9.17, 15) is 9.59 Å². The van der Waals surface area contributed by atoms with Gasteiger partial charge in [-0.2, -0.15) is 0 Å². The van der Waals surface area contributed by atoms with Crippen molar-refractivity contribution in [2.75, 3.05) is 0 Å². The van der Waals surface area contributed by atoms with Gasteiger partial charge in [-0.15, -0.1) is 0 Å². The average molecular weight is 495 g/mol. The van der Waals surface area contributed by atoms with Gasteiger partial charge in [0, 0.05) is 0 Å². The Morgan fingerprint density at radius 2 is 0.889 bits per heavy atom. The van der Waals surface area contributed by atoms with Crippen LogP contribution in [-0.4, -0.2) is 17.5 Å². The molecule has 36 heavy (non-hydrogen) atoms. The molecule has 0 radical (unpaired) electrons. The number of carbonyl (C=O) groups excluding carboxylic acids is 2.